The molecule has 1 aliphatic carbocycles. The first kappa shape index (κ1) is 19.1. The third-order valence-electron chi connectivity index (χ3n) is 5.98. The predicted molar refractivity (Wildman–Crippen MR) is 126 cm³/mol. The van der Waals surface area contributed by atoms with Gasteiger partial charge in [0, 0.05) is 59.2 Å². The van der Waals surface area contributed by atoms with Crippen LogP contribution in [0.4, 0.5) is 5.69 Å². The van der Waals surface area contributed by atoms with Crippen LogP contribution in [0.1, 0.15) is 23.6 Å². The molecule has 1 aromatic carbocycles. The lowest BCUT2D eigenvalue weighted by atomic mass is 9.96. The smallest absolute Gasteiger partial charge is 0.0591 e. The topological polar surface area (TPSA) is 41.1 Å². The summed E-state index contributed by atoms with van der Waals surface area (Å²) < 4.78 is 0. The SMILES string of the molecule is C=C(Nc1ccncc1)C1=CC=CN(C2CCc3c(-c4cccnc4)cccc32)C1=C. The Morgan fingerprint density at radius 2 is 1.90 bits per heavy atom. The minimum Gasteiger partial charge on any atom is -0.355 e. The number of aromatic nitrogens is 2. The van der Waals surface area contributed by atoms with E-state index in [4.69, 9.17) is 0 Å². The molecule has 3 heterocycles. The van der Waals surface area contributed by atoms with Gasteiger partial charge in [0.05, 0.1) is 6.04 Å². The van der Waals surface area contributed by atoms with Gasteiger partial charge in [0.15, 0.2) is 0 Å². The summed E-state index contributed by atoms with van der Waals surface area (Å²) in [5, 5.41) is 3.37. The molecule has 0 bridgehead atoms. The van der Waals surface area contributed by atoms with Crippen molar-refractivity contribution in [3.63, 3.8) is 0 Å². The highest BCUT2D eigenvalue weighted by Gasteiger charge is 2.31. The fourth-order valence-electron chi connectivity index (χ4n) is 4.51. The van der Waals surface area contributed by atoms with Gasteiger partial charge in [0.2, 0.25) is 0 Å². The largest absolute Gasteiger partial charge is 0.355 e. The lowest BCUT2D eigenvalue weighted by Crippen LogP contribution is -2.25. The number of anilines is 1. The fraction of sp³-hybridized carbons (Fsp3) is 0.111. The molecular weight excluding hydrogens is 380 g/mol. The summed E-state index contributed by atoms with van der Waals surface area (Å²) >= 11 is 0. The van der Waals surface area contributed by atoms with Crippen LogP contribution in [0.15, 0.2) is 116 Å². The first-order chi connectivity index (χ1) is 15.2. The van der Waals surface area contributed by atoms with E-state index in [9.17, 15) is 0 Å². The molecule has 1 atom stereocenters. The Morgan fingerprint density at radius 1 is 1.03 bits per heavy atom. The zero-order valence-electron chi connectivity index (χ0n) is 17.3. The van der Waals surface area contributed by atoms with Crippen LogP contribution in [0.25, 0.3) is 11.1 Å². The zero-order chi connectivity index (χ0) is 21.2. The monoisotopic (exact) mass is 404 g/mol. The summed E-state index contributed by atoms with van der Waals surface area (Å²) in [6.45, 7) is 8.68. The summed E-state index contributed by atoms with van der Waals surface area (Å²) in [7, 11) is 0. The van der Waals surface area contributed by atoms with Crippen molar-refractivity contribution < 1.29 is 0 Å². The molecule has 1 aliphatic heterocycles. The number of hydrogen-bond acceptors (Lipinski definition) is 4. The average Bonchev–Trinajstić information content (AvgIpc) is 3.24. The maximum absolute atomic E-state index is 4.42. The van der Waals surface area contributed by atoms with Crippen LogP contribution in [0.5, 0.6) is 0 Å². The van der Waals surface area contributed by atoms with Crippen LogP contribution < -0.4 is 5.32 Å². The second kappa shape index (κ2) is 8.07. The molecule has 2 aromatic heterocycles. The van der Waals surface area contributed by atoms with Crippen molar-refractivity contribution in [3.05, 3.63) is 127 Å². The second-order valence-electron chi connectivity index (χ2n) is 7.78. The first-order valence-corrected chi connectivity index (χ1v) is 10.5. The number of fused-ring (bicyclic) bond motifs is 1. The van der Waals surface area contributed by atoms with Gasteiger partial charge in [-0.15, -0.1) is 0 Å². The minimum absolute atomic E-state index is 0.257. The summed E-state index contributed by atoms with van der Waals surface area (Å²) in [5.74, 6) is 0. The van der Waals surface area contributed by atoms with Gasteiger partial charge in [0.1, 0.15) is 0 Å². The summed E-state index contributed by atoms with van der Waals surface area (Å²) in [5.41, 5.74) is 8.97. The van der Waals surface area contributed by atoms with Gasteiger partial charge in [-0.05, 0) is 59.9 Å². The van der Waals surface area contributed by atoms with Crippen molar-refractivity contribution in [3.8, 4) is 11.1 Å². The predicted octanol–water partition coefficient (Wildman–Crippen LogP) is 6.03. The molecule has 4 heteroatoms. The molecule has 152 valence electrons. The Labute approximate surface area is 183 Å². The number of pyridine rings is 2. The molecule has 2 aliphatic rings. The molecule has 0 amide bonds. The van der Waals surface area contributed by atoms with Gasteiger partial charge in [-0.2, -0.15) is 0 Å². The number of nitrogens with one attached hydrogen (secondary N) is 1. The van der Waals surface area contributed by atoms with Crippen molar-refractivity contribution in [1.29, 1.82) is 0 Å². The molecule has 0 saturated carbocycles. The molecule has 0 saturated heterocycles. The first-order valence-electron chi connectivity index (χ1n) is 10.5. The van der Waals surface area contributed by atoms with Crippen molar-refractivity contribution in [2.75, 3.05) is 5.32 Å². The molecule has 1 unspecified atom stereocenters. The van der Waals surface area contributed by atoms with E-state index in [-0.39, 0.29) is 6.04 Å². The van der Waals surface area contributed by atoms with E-state index in [1.165, 1.54) is 22.3 Å². The molecule has 0 fully saturated rings. The number of rotatable bonds is 5. The highest BCUT2D eigenvalue weighted by atomic mass is 15.2. The number of allylic oxidation sites excluding steroid dienone is 2. The van der Waals surface area contributed by atoms with Crippen LogP contribution in [0.2, 0.25) is 0 Å². The van der Waals surface area contributed by atoms with Crippen LogP contribution in [-0.4, -0.2) is 14.9 Å². The summed E-state index contributed by atoms with van der Waals surface area (Å²) in [6.07, 6.45) is 15.6. The summed E-state index contributed by atoms with van der Waals surface area (Å²) in [6, 6.07) is 14.8. The molecule has 0 spiro atoms. The Balaban J connectivity index is 1.41. The lowest BCUT2D eigenvalue weighted by molar-refractivity contribution is 0.349. The molecule has 1 N–H and O–H groups in total. The maximum Gasteiger partial charge on any atom is 0.0591 e. The van der Waals surface area contributed by atoms with Gasteiger partial charge in [-0.25, -0.2) is 0 Å². The Morgan fingerprint density at radius 3 is 2.71 bits per heavy atom. The van der Waals surface area contributed by atoms with E-state index >= 15 is 0 Å². The molecule has 31 heavy (non-hydrogen) atoms. The highest BCUT2D eigenvalue weighted by Crippen LogP contribution is 2.43. The molecular formula is C27H24N4. The Hall–Kier alpha value is -3.92. The Bertz CT molecular complexity index is 1190. The Kier molecular flexibility index (Phi) is 4.97. The second-order valence-corrected chi connectivity index (χ2v) is 7.78. The van der Waals surface area contributed by atoms with Crippen LogP contribution in [0, 0.1) is 0 Å². The van der Waals surface area contributed by atoms with E-state index < -0.39 is 0 Å². The number of benzene rings is 1. The quantitative estimate of drug-likeness (QED) is 0.564. The van der Waals surface area contributed by atoms with E-state index in [2.05, 4.69) is 76.0 Å². The van der Waals surface area contributed by atoms with Crippen LogP contribution in [-0.2, 0) is 6.42 Å². The van der Waals surface area contributed by atoms with Crippen molar-refractivity contribution in [1.82, 2.24) is 14.9 Å². The molecule has 4 nitrogen and oxygen atoms in total. The van der Waals surface area contributed by atoms with E-state index in [1.54, 1.807) is 12.4 Å². The summed E-state index contributed by atoms with van der Waals surface area (Å²) in [4.78, 5) is 10.7. The van der Waals surface area contributed by atoms with Gasteiger partial charge in [-0.3, -0.25) is 9.97 Å². The van der Waals surface area contributed by atoms with Crippen molar-refractivity contribution in [2.45, 2.75) is 18.9 Å². The van der Waals surface area contributed by atoms with Gasteiger partial charge in [-0.1, -0.05) is 37.4 Å². The maximum atomic E-state index is 4.42. The van der Waals surface area contributed by atoms with Gasteiger partial charge in [0.25, 0.3) is 0 Å². The normalized spacial score (nSPS) is 17.3. The zero-order valence-corrected chi connectivity index (χ0v) is 17.3. The van der Waals surface area contributed by atoms with Crippen LogP contribution >= 0.6 is 0 Å². The van der Waals surface area contributed by atoms with Crippen LogP contribution in [0.3, 0.4) is 0 Å². The standard InChI is InChI=1S/C27H24N4/c1-19(30-22-12-15-28-16-13-22)23-9-5-17-31(20(23)2)27-11-10-25-24(7-3-8-26(25)27)21-6-4-14-29-18-21/h3-9,12-18,27H,1-2,10-11H2,(H,28,30). The highest BCUT2D eigenvalue weighted by molar-refractivity contribution is 5.69. The molecule has 3 aromatic rings. The van der Waals surface area contributed by atoms with E-state index in [0.717, 1.165) is 35.5 Å². The number of hydrogen-bond donors (Lipinski definition) is 1. The third kappa shape index (κ3) is 3.57. The van der Waals surface area contributed by atoms with Gasteiger partial charge < -0.3 is 10.2 Å². The van der Waals surface area contributed by atoms with Crippen molar-refractivity contribution in [2.24, 2.45) is 0 Å². The fourth-order valence-corrected chi connectivity index (χ4v) is 4.51. The molecule has 5 rings (SSSR count). The van der Waals surface area contributed by atoms with E-state index in [0.29, 0.717) is 0 Å². The minimum atomic E-state index is 0.257. The third-order valence-corrected chi connectivity index (χ3v) is 5.98. The van der Waals surface area contributed by atoms with E-state index in [1.807, 2.05) is 30.6 Å². The average molecular weight is 405 g/mol. The lowest BCUT2D eigenvalue weighted by Gasteiger charge is -2.34. The number of nitrogens with zero attached hydrogens (tertiary/aromatic N) is 3. The molecule has 0 radical (unpaired) electrons. The van der Waals surface area contributed by atoms with Gasteiger partial charge >= 0.3 is 0 Å². The van der Waals surface area contributed by atoms with Crippen molar-refractivity contribution >= 4 is 5.69 Å².